The molecule has 2 aliphatic rings. The van der Waals surface area contributed by atoms with E-state index < -0.39 is 8.32 Å². The van der Waals surface area contributed by atoms with E-state index in [0.717, 1.165) is 17.8 Å². The van der Waals surface area contributed by atoms with Gasteiger partial charge in [-0.05, 0) is 56.2 Å². The topological polar surface area (TPSA) is 9.23 Å². The van der Waals surface area contributed by atoms with Crippen molar-refractivity contribution in [3.05, 3.63) is 12.2 Å². The van der Waals surface area contributed by atoms with Gasteiger partial charge in [-0.25, -0.2) is 0 Å². The first kappa shape index (κ1) is 14.3. The average Bonchev–Trinajstić information content (AvgIpc) is 2.95. The molecular weight excluding hydrogens is 236 g/mol. The van der Waals surface area contributed by atoms with Crippen molar-refractivity contribution in [2.75, 3.05) is 7.11 Å². The van der Waals surface area contributed by atoms with Crippen molar-refractivity contribution in [1.82, 2.24) is 0 Å². The Morgan fingerprint density at radius 1 is 1.06 bits per heavy atom. The van der Waals surface area contributed by atoms with E-state index in [0.29, 0.717) is 0 Å². The third-order valence-electron chi connectivity index (χ3n) is 5.07. The molecule has 0 amide bonds. The highest BCUT2D eigenvalue weighted by atomic mass is 28.4. The number of allylic oxidation sites excluding steroid dienone is 2. The van der Waals surface area contributed by atoms with Crippen molar-refractivity contribution in [1.29, 1.82) is 0 Å². The van der Waals surface area contributed by atoms with E-state index in [1.807, 2.05) is 7.11 Å². The van der Waals surface area contributed by atoms with E-state index in [-0.39, 0.29) is 0 Å². The van der Waals surface area contributed by atoms with Gasteiger partial charge in [0.1, 0.15) is 0 Å². The lowest BCUT2D eigenvalue weighted by Gasteiger charge is -2.20. The van der Waals surface area contributed by atoms with Crippen LogP contribution < -0.4 is 0 Å². The summed E-state index contributed by atoms with van der Waals surface area (Å²) in [5, 5.41) is 0. The summed E-state index contributed by atoms with van der Waals surface area (Å²) in [5.74, 6) is 2.94. The molecule has 0 radical (unpaired) electrons. The van der Waals surface area contributed by atoms with Crippen molar-refractivity contribution in [2.45, 2.75) is 64.1 Å². The Hall–Kier alpha value is -0.0831. The van der Waals surface area contributed by atoms with Gasteiger partial charge in [0.05, 0.1) is 0 Å². The first-order valence-corrected chi connectivity index (χ1v) is 11.0. The van der Waals surface area contributed by atoms with Crippen LogP contribution >= 0.6 is 0 Å². The van der Waals surface area contributed by atoms with Gasteiger partial charge in [-0.3, -0.25) is 0 Å². The molecule has 3 unspecified atom stereocenters. The van der Waals surface area contributed by atoms with Crippen molar-refractivity contribution in [2.24, 2.45) is 17.8 Å². The van der Waals surface area contributed by atoms with Crippen LogP contribution in [0.25, 0.3) is 0 Å². The molecule has 2 aliphatic carbocycles. The van der Waals surface area contributed by atoms with Crippen LogP contribution in [0.15, 0.2) is 12.2 Å². The largest absolute Gasteiger partial charge is 0.420 e. The van der Waals surface area contributed by atoms with Crippen LogP contribution in [-0.2, 0) is 4.43 Å². The third-order valence-corrected chi connectivity index (χ3v) is 7.74. The van der Waals surface area contributed by atoms with E-state index in [2.05, 4.69) is 25.2 Å². The normalized spacial score (nSPS) is 30.3. The summed E-state index contributed by atoms with van der Waals surface area (Å²) >= 11 is 0. The third kappa shape index (κ3) is 3.96. The Kier molecular flexibility index (Phi) is 5.08. The lowest BCUT2D eigenvalue weighted by Crippen LogP contribution is -2.27. The molecule has 2 rings (SSSR count). The molecule has 0 aromatic rings. The van der Waals surface area contributed by atoms with Crippen LogP contribution in [0.5, 0.6) is 0 Å². The molecule has 0 saturated heterocycles. The number of unbranched alkanes of at least 4 members (excludes halogenated alkanes) is 3. The van der Waals surface area contributed by atoms with Gasteiger partial charge >= 0.3 is 0 Å². The van der Waals surface area contributed by atoms with Gasteiger partial charge < -0.3 is 4.43 Å². The molecule has 0 aromatic carbocycles. The molecule has 1 nitrogen and oxygen atoms in total. The lowest BCUT2D eigenvalue weighted by molar-refractivity contribution is 0.390. The molecule has 0 spiro atoms. The fourth-order valence-corrected chi connectivity index (χ4v) is 4.94. The summed E-state index contributed by atoms with van der Waals surface area (Å²) < 4.78 is 5.59. The lowest BCUT2D eigenvalue weighted by atomic mass is 9.88. The second-order valence-corrected chi connectivity index (χ2v) is 11.4. The standard InChI is InChI=1S/C16H30OSi/c1-17-18(2,3)11-7-5-4-6-8-15-12-14-9-10-16(15)13-14/h9-10,14-16H,4-8,11-13H2,1-3H3. The summed E-state index contributed by atoms with van der Waals surface area (Å²) in [6.45, 7) is 4.66. The Morgan fingerprint density at radius 3 is 2.44 bits per heavy atom. The van der Waals surface area contributed by atoms with Gasteiger partial charge in [0.25, 0.3) is 0 Å². The van der Waals surface area contributed by atoms with E-state index in [9.17, 15) is 0 Å². The molecule has 1 saturated carbocycles. The predicted molar refractivity (Wildman–Crippen MR) is 81.2 cm³/mol. The zero-order chi connectivity index (χ0) is 13.0. The average molecular weight is 267 g/mol. The molecule has 104 valence electrons. The highest BCUT2D eigenvalue weighted by Gasteiger charge is 2.34. The van der Waals surface area contributed by atoms with Crippen LogP contribution in [0, 0.1) is 17.8 Å². The summed E-state index contributed by atoms with van der Waals surface area (Å²) in [7, 11) is 0.601. The minimum absolute atomic E-state index is 0.952. The zero-order valence-electron chi connectivity index (χ0n) is 12.5. The molecule has 2 bridgehead atoms. The molecular formula is C16H30OSi. The first-order valence-electron chi connectivity index (χ1n) is 7.84. The number of rotatable bonds is 8. The number of hydrogen-bond acceptors (Lipinski definition) is 1. The van der Waals surface area contributed by atoms with Crippen LogP contribution in [0.4, 0.5) is 0 Å². The van der Waals surface area contributed by atoms with Crippen LogP contribution in [-0.4, -0.2) is 15.4 Å². The minimum atomic E-state index is -1.28. The highest BCUT2D eigenvalue weighted by Crippen LogP contribution is 2.45. The first-order chi connectivity index (χ1) is 8.61. The Labute approximate surface area is 114 Å². The van der Waals surface area contributed by atoms with Gasteiger partial charge in [-0.1, -0.05) is 37.8 Å². The molecule has 18 heavy (non-hydrogen) atoms. The molecule has 0 N–H and O–H groups in total. The fraction of sp³-hybridized carbons (Fsp3) is 0.875. The summed E-state index contributed by atoms with van der Waals surface area (Å²) in [6.07, 6.45) is 15.1. The second kappa shape index (κ2) is 6.38. The maximum absolute atomic E-state index is 5.59. The van der Waals surface area contributed by atoms with Crippen molar-refractivity contribution < 1.29 is 4.43 Å². The quantitative estimate of drug-likeness (QED) is 0.341. The Bertz CT molecular complexity index is 285. The smallest absolute Gasteiger partial charge is 0.186 e. The van der Waals surface area contributed by atoms with Crippen LogP contribution in [0.1, 0.15) is 44.9 Å². The Morgan fingerprint density at radius 2 is 1.83 bits per heavy atom. The fourth-order valence-electron chi connectivity index (χ4n) is 3.64. The van der Waals surface area contributed by atoms with Crippen molar-refractivity contribution >= 4 is 8.32 Å². The van der Waals surface area contributed by atoms with Crippen molar-refractivity contribution in [3.8, 4) is 0 Å². The zero-order valence-corrected chi connectivity index (χ0v) is 13.5. The minimum Gasteiger partial charge on any atom is -0.420 e. The summed E-state index contributed by atoms with van der Waals surface area (Å²) in [6, 6.07) is 1.33. The van der Waals surface area contributed by atoms with E-state index in [4.69, 9.17) is 4.43 Å². The highest BCUT2D eigenvalue weighted by molar-refractivity contribution is 6.71. The maximum atomic E-state index is 5.59. The van der Waals surface area contributed by atoms with Crippen molar-refractivity contribution in [3.63, 3.8) is 0 Å². The Balaban J connectivity index is 1.48. The van der Waals surface area contributed by atoms with E-state index >= 15 is 0 Å². The summed E-state index contributed by atoms with van der Waals surface area (Å²) in [4.78, 5) is 0. The molecule has 0 aromatic heterocycles. The number of fused-ring (bicyclic) bond motifs is 2. The SMILES string of the molecule is CO[Si](C)(C)CCCCCCC1CC2C=CC1C2. The van der Waals surface area contributed by atoms with Gasteiger partial charge in [-0.15, -0.1) is 0 Å². The summed E-state index contributed by atoms with van der Waals surface area (Å²) in [5.41, 5.74) is 0. The molecule has 0 aliphatic heterocycles. The van der Waals surface area contributed by atoms with Crippen LogP contribution in [0.2, 0.25) is 19.1 Å². The monoisotopic (exact) mass is 266 g/mol. The molecule has 2 heteroatoms. The van der Waals surface area contributed by atoms with Crippen LogP contribution in [0.3, 0.4) is 0 Å². The molecule has 0 heterocycles. The predicted octanol–water partition coefficient (Wildman–Crippen LogP) is 5.00. The second-order valence-electron chi connectivity index (χ2n) is 6.96. The van der Waals surface area contributed by atoms with Gasteiger partial charge in [0.2, 0.25) is 0 Å². The van der Waals surface area contributed by atoms with Gasteiger partial charge in [0, 0.05) is 7.11 Å². The number of hydrogen-bond donors (Lipinski definition) is 0. The van der Waals surface area contributed by atoms with E-state index in [1.165, 1.54) is 51.0 Å². The maximum Gasteiger partial charge on any atom is 0.186 e. The van der Waals surface area contributed by atoms with E-state index in [1.54, 1.807) is 0 Å². The molecule has 1 fully saturated rings. The van der Waals surface area contributed by atoms with Gasteiger partial charge in [-0.2, -0.15) is 0 Å². The van der Waals surface area contributed by atoms with Gasteiger partial charge in [0.15, 0.2) is 8.32 Å². The molecule has 3 atom stereocenters.